The number of benzene rings is 2. The first kappa shape index (κ1) is 18.7. The molecule has 0 atom stereocenters. The van der Waals surface area contributed by atoms with Crippen LogP contribution in [0.5, 0.6) is 5.75 Å². The molecule has 1 fully saturated rings. The Labute approximate surface area is 149 Å². The van der Waals surface area contributed by atoms with Crippen molar-refractivity contribution in [3.05, 3.63) is 65.2 Å². The van der Waals surface area contributed by atoms with Crippen LogP contribution in [-0.4, -0.2) is 42.6 Å². The molecule has 0 bridgehead atoms. The minimum absolute atomic E-state index is 0.144. The summed E-state index contributed by atoms with van der Waals surface area (Å²) >= 11 is 0. The van der Waals surface area contributed by atoms with Crippen molar-refractivity contribution >= 4 is 0 Å². The van der Waals surface area contributed by atoms with Gasteiger partial charge in [0.1, 0.15) is 17.4 Å². The van der Waals surface area contributed by atoms with Gasteiger partial charge in [-0.3, -0.25) is 9.80 Å². The number of alkyl halides is 2. The third-order valence-corrected chi connectivity index (χ3v) is 4.42. The fourth-order valence-electron chi connectivity index (χ4n) is 3.05. The maximum atomic E-state index is 13.7. The van der Waals surface area contributed by atoms with E-state index in [1.165, 1.54) is 18.2 Å². The van der Waals surface area contributed by atoms with E-state index in [0.29, 0.717) is 18.7 Å². The smallest absolute Gasteiger partial charge is 0.387 e. The van der Waals surface area contributed by atoms with Crippen LogP contribution in [0, 0.1) is 11.6 Å². The first-order valence-electron chi connectivity index (χ1n) is 8.42. The van der Waals surface area contributed by atoms with Gasteiger partial charge in [0.15, 0.2) is 0 Å². The molecule has 0 aromatic heterocycles. The van der Waals surface area contributed by atoms with Crippen molar-refractivity contribution in [3.63, 3.8) is 0 Å². The zero-order valence-electron chi connectivity index (χ0n) is 14.2. The molecular formula is C19H20F4N2O. The minimum atomic E-state index is -2.82. The molecule has 0 spiro atoms. The number of nitrogens with zero attached hydrogens (tertiary/aromatic N) is 2. The molecule has 0 amide bonds. The maximum absolute atomic E-state index is 13.7. The summed E-state index contributed by atoms with van der Waals surface area (Å²) in [4.78, 5) is 4.33. The topological polar surface area (TPSA) is 15.7 Å². The van der Waals surface area contributed by atoms with E-state index in [9.17, 15) is 17.6 Å². The second-order valence-electron chi connectivity index (χ2n) is 6.31. The molecular weight excluding hydrogens is 348 g/mol. The highest BCUT2D eigenvalue weighted by Gasteiger charge is 2.18. The van der Waals surface area contributed by atoms with E-state index >= 15 is 0 Å². The van der Waals surface area contributed by atoms with E-state index in [1.54, 1.807) is 12.1 Å². The SMILES string of the molecule is Fc1ccc(F)c(CN2CCN(Cc3ccc(OC(F)F)cc3)CC2)c1. The summed E-state index contributed by atoms with van der Waals surface area (Å²) in [5, 5.41) is 0. The molecule has 0 saturated carbocycles. The molecule has 1 aliphatic heterocycles. The molecule has 26 heavy (non-hydrogen) atoms. The van der Waals surface area contributed by atoms with Gasteiger partial charge in [0.05, 0.1) is 0 Å². The van der Waals surface area contributed by atoms with Crippen LogP contribution in [0.15, 0.2) is 42.5 Å². The van der Waals surface area contributed by atoms with Crippen LogP contribution in [0.2, 0.25) is 0 Å². The van der Waals surface area contributed by atoms with Crippen molar-refractivity contribution < 1.29 is 22.3 Å². The lowest BCUT2D eigenvalue weighted by Crippen LogP contribution is -2.45. The predicted octanol–water partition coefficient (Wildman–Crippen LogP) is 3.88. The third-order valence-electron chi connectivity index (χ3n) is 4.42. The Bertz CT molecular complexity index is 716. The summed E-state index contributed by atoms with van der Waals surface area (Å²) in [6.45, 7) is 1.37. The molecule has 3 nitrogen and oxygen atoms in total. The Morgan fingerprint density at radius 2 is 1.46 bits per heavy atom. The highest BCUT2D eigenvalue weighted by molar-refractivity contribution is 5.27. The lowest BCUT2D eigenvalue weighted by atomic mass is 10.1. The molecule has 140 valence electrons. The van der Waals surface area contributed by atoms with Crippen LogP contribution in [0.3, 0.4) is 0 Å². The van der Waals surface area contributed by atoms with Crippen LogP contribution in [0.4, 0.5) is 17.6 Å². The standard InChI is InChI=1S/C19H20F4N2O/c20-16-3-6-18(21)15(11-16)13-25-9-7-24(8-10-25)12-14-1-4-17(5-2-14)26-19(22)23/h1-6,11,19H,7-10,12-13H2. The lowest BCUT2D eigenvalue weighted by Gasteiger charge is -2.34. The zero-order chi connectivity index (χ0) is 18.5. The van der Waals surface area contributed by atoms with Gasteiger partial charge in [0.25, 0.3) is 0 Å². The highest BCUT2D eigenvalue weighted by Crippen LogP contribution is 2.18. The molecule has 1 heterocycles. The van der Waals surface area contributed by atoms with Crippen molar-refractivity contribution in [2.75, 3.05) is 26.2 Å². The van der Waals surface area contributed by atoms with Gasteiger partial charge in [-0.15, -0.1) is 0 Å². The van der Waals surface area contributed by atoms with Crippen molar-refractivity contribution in [2.45, 2.75) is 19.7 Å². The molecule has 7 heteroatoms. The summed E-state index contributed by atoms with van der Waals surface area (Å²) in [7, 11) is 0. The van der Waals surface area contributed by atoms with Crippen molar-refractivity contribution in [1.82, 2.24) is 9.80 Å². The maximum Gasteiger partial charge on any atom is 0.387 e. The Kier molecular flexibility index (Phi) is 6.11. The van der Waals surface area contributed by atoms with E-state index in [2.05, 4.69) is 14.5 Å². The number of rotatable bonds is 6. The van der Waals surface area contributed by atoms with Crippen LogP contribution >= 0.6 is 0 Å². The van der Waals surface area contributed by atoms with Crippen molar-refractivity contribution in [1.29, 1.82) is 0 Å². The third kappa shape index (κ3) is 5.19. The van der Waals surface area contributed by atoms with Gasteiger partial charge in [-0.05, 0) is 35.9 Å². The Morgan fingerprint density at radius 3 is 2.08 bits per heavy atom. The second-order valence-corrected chi connectivity index (χ2v) is 6.31. The number of halogens is 4. The summed E-state index contributed by atoms with van der Waals surface area (Å²) in [5.74, 6) is -0.676. The number of ether oxygens (including phenoxy) is 1. The van der Waals surface area contributed by atoms with E-state index in [0.717, 1.165) is 43.9 Å². The van der Waals surface area contributed by atoms with Crippen molar-refractivity contribution in [3.8, 4) is 5.75 Å². The lowest BCUT2D eigenvalue weighted by molar-refractivity contribution is -0.0498. The normalized spacial score (nSPS) is 16.2. The number of piperazine rings is 1. The summed E-state index contributed by atoms with van der Waals surface area (Å²) in [6.07, 6.45) is 0. The quantitative estimate of drug-likeness (QED) is 0.720. The molecule has 0 radical (unpaired) electrons. The fourth-order valence-corrected chi connectivity index (χ4v) is 3.05. The molecule has 0 aliphatic carbocycles. The average molecular weight is 368 g/mol. The van der Waals surface area contributed by atoms with Crippen molar-refractivity contribution in [2.24, 2.45) is 0 Å². The van der Waals surface area contributed by atoms with Gasteiger partial charge >= 0.3 is 6.61 Å². The largest absolute Gasteiger partial charge is 0.435 e. The molecule has 1 saturated heterocycles. The summed E-state index contributed by atoms with van der Waals surface area (Å²) < 4.78 is 55.6. The van der Waals surface area contributed by atoms with Crippen LogP contribution in [0.1, 0.15) is 11.1 Å². The molecule has 0 unspecified atom stereocenters. The van der Waals surface area contributed by atoms with E-state index in [4.69, 9.17) is 0 Å². The monoisotopic (exact) mass is 368 g/mol. The molecule has 2 aromatic carbocycles. The number of hydrogen-bond donors (Lipinski definition) is 0. The highest BCUT2D eigenvalue weighted by atomic mass is 19.3. The molecule has 2 aromatic rings. The molecule has 1 aliphatic rings. The average Bonchev–Trinajstić information content (AvgIpc) is 2.61. The number of hydrogen-bond acceptors (Lipinski definition) is 3. The van der Waals surface area contributed by atoms with Gasteiger partial charge in [-0.25, -0.2) is 8.78 Å². The fraction of sp³-hybridized carbons (Fsp3) is 0.368. The minimum Gasteiger partial charge on any atom is -0.435 e. The molecule has 3 rings (SSSR count). The Balaban J connectivity index is 1.48. The second kappa shape index (κ2) is 8.51. The first-order chi connectivity index (χ1) is 12.5. The van der Waals surface area contributed by atoms with Gasteiger partial charge < -0.3 is 4.74 Å². The van der Waals surface area contributed by atoms with Crippen LogP contribution < -0.4 is 4.74 Å². The van der Waals surface area contributed by atoms with E-state index in [-0.39, 0.29) is 11.6 Å². The van der Waals surface area contributed by atoms with Gasteiger partial charge in [0.2, 0.25) is 0 Å². The Hall–Kier alpha value is -2.12. The molecule has 0 N–H and O–H groups in total. The first-order valence-corrected chi connectivity index (χ1v) is 8.42. The zero-order valence-corrected chi connectivity index (χ0v) is 14.2. The van der Waals surface area contributed by atoms with E-state index < -0.39 is 12.4 Å². The Morgan fingerprint density at radius 1 is 0.846 bits per heavy atom. The van der Waals surface area contributed by atoms with Gasteiger partial charge in [-0.2, -0.15) is 8.78 Å². The van der Waals surface area contributed by atoms with Crippen LogP contribution in [-0.2, 0) is 13.1 Å². The summed E-state index contributed by atoms with van der Waals surface area (Å²) in [6, 6.07) is 10.1. The van der Waals surface area contributed by atoms with E-state index in [1.807, 2.05) is 0 Å². The predicted molar refractivity (Wildman–Crippen MR) is 90.0 cm³/mol. The summed E-state index contributed by atoms with van der Waals surface area (Å²) in [5.41, 5.74) is 1.38. The van der Waals surface area contributed by atoms with Crippen LogP contribution in [0.25, 0.3) is 0 Å². The van der Waals surface area contributed by atoms with Gasteiger partial charge in [-0.1, -0.05) is 12.1 Å². The van der Waals surface area contributed by atoms with Gasteiger partial charge in [0, 0.05) is 44.8 Å².